The van der Waals surface area contributed by atoms with Crippen molar-refractivity contribution in [3.8, 4) is 11.5 Å². The van der Waals surface area contributed by atoms with E-state index in [1.165, 1.54) is 0 Å². The maximum absolute atomic E-state index is 13.7. The zero-order valence-electron chi connectivity index (χ0n) is 21.0. The van der Waals surface area contributed by atoms with E-state index in [0.29, 0.717) is 22.9 Å². The molecular weight excluding hydrogens is 500 g/mol. The number of halogens is 1. The highest BCUT2D eigenvalue weighted by atomic mass is 35.5. The molecule has 194 valence electrons. The van der Waals surface area contributed by atoms with Gasteiger partial charge in [0.15, 0.2) is 6.61 Å². The van der Waals surface area contributed by atoms with Gasteiger partial charge in [-0.05, 0) is 41.0 Å². The van der Waals surface area contributed by atoms with Gasteiger partial charge in [0.1, 0.15) is 17.5 Å². The maximum Gasteiger partial charge on any atom is 0.261 e. The predicted molar refractivity (Wildman–Crippen MR) is 148 cm³/mol. The van der Waals surface area contributed by atoms with Gasteiger partial charge in [-0.1, -0.05) is 96.5 Å². The Balaban J connectivity index is 1.61. The molecule has 0 saturated heterocycles. The molecule has 4 aromatic rings. The van der Waals surface area contributed by atoms with E-state index >= 15 is 0 Å². The molecule has 0 spiro atoms. The summed E-state index contributed by atoms with van der Waals surface area (Å²) >= 11 is 6.22. The number of carbonyl (C=O) groups excluding carboxylic acids is 2. The molecular formula is C31H29ClN2O4. The van der Waals surface area contributed by atoms with E-state index in [1.54, 1.807) is 36.3 Å². The monoisotopic (exact) mass is 528 g/mol. The molecule has 0 aliphatic heterocycles. The summed E-state index contributed by atoms with van der Waals surface area (Å²) in [6, 6.07) is 32.4. The molecule has 2 amide bonds. The van der Waals surface area contributed by atoms with E-state index in [-0.39, 0.29) is 25.0 Å². The molecule has 0 unspecified atom stereocenters. The predicted octanol–water partition coefficient (Wildman–Crippen LogP) is 5.81. The molecule has 0 aliphatic carbocycles. The highest BCUT2D eigenvalue weighted by molar-refractivity contribution is 6.32. The van der Waals surface area contributed by atoms with Crippen LogP contribution in [-0.4, -0.2) is 30.4 Å². The van der Waals surface area contributed by atoms with Crippen LogP contribution in [0.1, 0.15) is 22.7 Å². The first kappa shape index (κ1) is 26.8. The van der Waals surface area contributed by atoms with Gasteiger partial charge in [0.05, 0.1) is 12.1 Å². The molecule has 0 saturated carbocycles. The fourth-order valence-corrected chi connectivity index (χ4v) is 4.22. The third-order valence-corrected chi connectivity index (χ3v) is 6.32. The van der Waals surface area contributed by atoms with Crippen molar-refractivity contribution in [2.75, 3.05) is 13.7 Å². The number of amides is 2. The van der Waals surface area contributed by atoms with Gasteiger partial charge in [-0.2, -0.15) is 0 Å². The number of ether oxygens (including phenoxy) is 2. The van der Waals surface area contributed by atoms with Crippen LogP contribution in [0.3, 0.4) is 0 Å². The summed E-state index contributed by atoms with van der Waals surface area (Å²) in [4.78, 5) is 28.9. The zero-order valence-corrected chi connectivity index (χ0v) is 21.8. The van der Waals surface area contributed by atoms with Crippen LogP contribution in [0.2, 0.25) is 5.02 Å². The quantitative estimate of drug-likeness (QED) is 0.266. The van der Waals surface area contributed by atoms with Crippen LogP contribution < -0.4 is 14.8 Å². The van der Waals surface area contributed by atoms with Crippen molar-refractivity contribution in [3.63, 3.8) is 0 Å². The van der Waals surface area contributed by atoms with Crippen LogP contribution in [0.15, 0.2) is 109 Å². The lowest BCUT2D eigenvalue weighted by atomic mass is 10.0. The molecule has 0 radical (unpaired) electrons. The number of benzene rings is 4. The van der Waals surface area contributed by atoms with Crippen molar-refractivity contribution in [2.24, 2.45) is 0 Å². The van der Waals surface area contributed by atoms with Crippen molar-refractivity contribution in [1.82, 2.24) is 10.2 Å². The second kappa shape index (κ2) is 13.3. The largest absolute Gasteiger partial charge is 0.497 e. The Bertz CT molecular complexity index is 1330. The molecule has 7 heteroatoms. The first-order chi connectivity index (χ1) is 18.5. The summed E-state index contributed by atoms with van der Waals surface area (Å²) in [7, 11) is 1.61. The van der Waals surface area contributed by atoms with Crippen LogP contribution in [0.25, 0.3) is 0 Å². The van der Waals surface area contributed by atoms with Crippen molar-refractivity contribution in [1.29, 1.82) is 0 Å². The lowest BCUT2D eigenvalue weighted by molar-refractivity contribution is -0.143. The maximum atomic E-state index is 13.7. The Labute approximate surface area is 227 Å². The fourth-order valence-electron chi connectivity index (χ4n) is 4.03. The normalized spacial score (nSPS) is 11.3. The van der Waals surface area contributed by atoms with Gasteiger partial charge in [-0.3, -0.25) is 9.59 Å². The molecule has 6 nitrogen and oxygen atoms in total. The Kier molecular flexibility index (Phi) is 9.37. The van der Waals surface area contributed by atoms with Gasteiger partial charge in [0.2, 0.25) is 5.91 Å². The van der Waals surface area contributed by atoms with Gasteiger partial charge in [0.25, 0.3) is 5.91 Å². The average molecular weight is 529 g/mol. The van der Waals surface area contributed by atoms with Crippen LogP contribution in [0.5, 0.6) is 11.5 Å². The third kappa shape index (κ3) is 7.14. The summed E-state index contributed by atoms with van der Waals surface area (Å²) in [5.41, 5.74) is 2.50. The fraction of sp³-hybridized carbons (Fsp3) is 0.161. The summed E-state index contributed by atoms with van der Waals surface area (Å²) < 4.78 is 11.0. The van der Waals surface area contributed by atoms with Crippen molar-refractivity contribution >= 4 is 23.4 Å². The minimum atomic E-state index is -0.878. The van der Waals surface area contributed by atoms with Gasteiger partial charge < -0.3 is 19.7 Å². The number of nitrogens with zero attached hydrogens (tertiary/aromatic N) is 1. The van der Waals surface area contributed by atoms with Crippen molar-refractivity contribution < 1.29 is 19.1 Å². The van der Waals surface area contributed by atoms with Crippen molar-refractivity contribution in [3.05, 3.63) is 131 Å². The SMILES string of the molecule is COc1ccc(CNC(=O)[C@H](c2ccccc2)N(Cc2ccccc2)C(=O)COc2ccccc2Cl)cc1. The van der Waals surface area contributed by atoms with Crippen LogP contribution in [-0.2, 0) is 22.7 Å². The molecule has 0 bridgehead atoms. The summed E-state index contributed by atoms with van der Waals surface area (Å²) in [5, 5.41) is 3.41. The molecule has 0 aromatic heterocycles. The van der Waals surface area contributed by atoms with E-state index in [9.17, 15) is 9.59 Å². The highest BCUT2D eigenvalue weighted by Crippen LogP contribution is 2.26. The second-order valence-corrected chi connectivity index (χ2v) is 9.01. The highest BCUT2D eigenvalue weighted by Gasteiger charge is 2.31. The number of hydrogen-bond acceptors (Lipinski definition) is 4. The Hall–Kier alpha value is -4.29. The number of hydrogen-bond donors (Lipinski definition) is 1. The Morgan fingerprint density at radius 3 is 2.11 bits per heavy atom. The molecule has 1 N–H and O–H groups in total. The van der Waals surface area contributed by atoms with Crippen LogP contribution in [0, 0.1) is 0 Å². The molecule has 1 atom stereocenters. The first-order valence-electron chi connectivity index (χ1n) is 12.2. The molecule has 4 rings (SSSR count). The molecule has 0 fully saturated rings. The smallest absolute Gasteiger partial charge is 0.261 e. The number of rotatable bonds is 11. The zero-order chi connectivity index (χ0) is 26.7. The van der Waals surface area contributed by atoms with E-state index < -0.39 is 6.04 Å². The lowest BCUT2D eigenvalue weighted by Crippen LogP contribution is -2.45. The van der Waals surface area contributed by atoms with Crippen LogP contribution in [0.4, 0.5) is 0 Å². The number of methoxy groups -OCH3 is 1. The van der Waals surface area contributed by atoms with E-state index in [2.05, 4.69) is 5.32 Å². The Morgan fingerprint density at radius 1 is 0.816 bits per heavy atom. The topological polar surface area (TPSA) is 67.9 Å². The van der Waals surface area contributed by atoms with E-state index in [4.69, 9.17) is 21.1 Å². The second-order valence-electron chi connectivity index (χ2n) is 8.61. The standard InChI is InChI=1S/C31H29ClN2O4/c1-37-26-18-16-23(17-19-26)20-33-31(36)30(25-12-6-3-7-13-25)34(21-24-10-4-2-5-11-24)29(35)22-38-28-15-9-8-14-27(28)32/h2-19,30H,20-22H2,1H3,(H,33,36)/t30-/m0/s1. The molecule has 0 aliphatic rings. The van der Waals surface area contributed by atoms with Gasteiger partial charge in [0, 0.05) is 13.1 Å². The number of carbonyl (C=O) groups is 2. The minimum Gasteiger partial charge on any atom is -0.497 e. The number of para-hydroxylation sites is 1. The number of nitrogens with one attached hydrogen (secondary N) is 1. The minimum absolute atomic E-state index is 0.223. The van der Waals surface area contributed by atoms with Gasteiger partial charge >= 0.3 is 0 Å². The van der Waals surface area contributed by atoms with Gasteiger partial charge in [-0.15, -0.1) is 0 Å². The summed E-state index contributed by atoms with van der Waals surface area (Å²) in [5.74, 6) is 0.499. The first-order valence-corrected chi connectivity index (χ1v) is 12.6. The van der Waals surface area contributed by atoms with Gasteiger partial charge in [-0.25, -0.2) is 0 Å². The van der Waals surface area contributed by atoms with E-state index in [1.807, 2.05) is 84.9 Å². The van der Waals surface area contributed by atoms with Crippen molar-refractivity contribution in [2.45, 2.75) is 19.1 Å². The Morgan fingerprint density at radius 2 is 1.45 bits per heavy atom. The molecule has 0 heterocycles. The van der Waals surface area contributed by atoms with E-state index in [0.717, 1.165) is 16.9 Å². The third-order valence-electron chi connectivity index (χ3n) is 6.01. The lowest BCUT2D eigenvalue weighted by Gasteiger charge is -2.31. The van der Waals surface area contributed by atoms with Crippen LogP contribution >= 0.6 is 11.6 Å². The molecule has 38 heavy (non-hydrogen) atoms. The summed E-state index contributed by atoms with van der Waals surface area (Å²) in [6.07, 6.45) is 0. The summed E-state index contributed by atoms with van der Waals surface area (Å²) in [6.45, 7) is 0.252. The molecule has 4 aromatic carbocycles. The average Bonchev–Trinajstić information content (AvgIpc) is 2.96.